The molecule has 202 valence electrons. The third kappa shape index (κ3) is 8.83. The van der Waals surface area contributed by atoms with E-state index < -0.39 is 18.5 Å². The first kappa shape index (κ1) is 28.6. The Balaban J connectivity index is 1.46. The van der Waals surface area contributed by atoms with Gasteiger partial charge in [0.25, 0.3) is 0 Å². The largest absolute Gasteiger partial charge is 0.573 e. The summed E-state index contributed by atoms with van der Waals surface area (Å²) in [5, 5.41) is 10.9. The van der Waals surface area contributed by atoms with Gasteiger partial charge in [0.1, 0.15) is 11.9 Å². The topological polar surface area (TPSA) is 101 Å². The second kappa shape index (κ2) is 13.0. The van der Waals surface area contributed by atoms with E-state index in [9.17, 15) is 18.0 Å². The van der Waals surface area contributed by atoms with Crippen LogP contribution in [0.5, 0.6) is 11.6 Å². The highest BCUT2D eigenvalue weighted by molar-refractivity contribution is 7.96. The molecule has 0 fully saturated rings. The fourth-order valence-electron chi connectivity index (χ4n) is 3.23. The second-order valence-electron chi connectivity index (χ2n) is 8.30. The number of benzene rings is 2. The molecule has 0 bridgehead atoms. The van der Waals surface area contributed by atoms with Gasteiger partial charge in [-0.3, -0.25) is 4.72 Å². The Kier molecular flexibility index (Phi) is 9.77. The molecule has 0 spiro atoms. The first-order valence-corrected chi connectivity index (χ1v) is 12.2. The summed E-state index contributed by atoms with van der Waals surface area (Å²) < 4.78 is 53.2. The van der Waals surface area contributed by atoms with Gasteiger partial charge in [-0.05, 0) is 54.8 Å². The molecule has 0 aliphatic rings. The number of rotatable bonds is 10. The number of carbonyl (C=O) groups excluding carboxylic acids is 1. The lowest BCUT2D eigenvalue weighted by Crippen LogP contribution is -2.23. The standard InChI is InChI=1S/C25H27F3N6O3S/c1-16(2)20-7-5-6-8-21(20)30-24(35)33-38-29-15-17(3)36-23-14-13-22(31-32-23)34(4)18-9-11-19(12-10-18)37-25(26,27)28/h5-17H,1-4H3,(H2,30,33,35)/b29-15+. The van der Waals surface area contributed by atoms with Crippen LogP contribution in [0.1, 0.15) is 32.3 Å². The van der Waals surface area contributed by atoms with Crippen LogP contribution in [-0.2, 0) is 0 Å². The predicted octanol–water partition coefficient (Wildman–Crippen LogP) is 6.49. The summed E-state index contributed by atoms with van der Waals surface area (Å²) in [4.78, 5) is 13.8. The maximum Gasteiger partial charge on any atom is 0.573 e. The third-order valence-electron chi connectivity index (χ3n) is 5.03. The van der Waals surface area contributed by atoms with Crippen molar-refractivity contribution in [3.8, 4) is 11.6 Å². The van der Waals surface area contributed by atoms with Crippen LogP contribution in [0, 0.1) is 0 Å². The number of aromatic nitrogens is 2. The smallest absolute Gasteiger partial charge is 0.468 e. The molecule has 2 aromatic carbocycles. The van der Waals surface area contributed by atoms with Crippen molar-refractivity contribution in [3.63, 3.8) is 0 Å². The molecule has 2 amide bonds. The minimum Gasteiger partial charge on any atom is -0.468 e. The molecule has 0 radical (unpaired) electrons. The number of urea groups is 1. The minimum atomic E-state index is -4.75. The van der Waals surface area contributed by atoms with E-state index in [1.165, 1.54) is 30.5 Å². The van der Waals surface area contributed by atoms with Crippen LogP contribution >= 0.6 is 12.1 Å². The van der Waals surface area contributed by atoms with E-state index in [4.69, 9.17) is 4.74 Å². The highest BCUT2D eigenvalue weighted by Gasteiger charge is 2.31. The summed E-state index contributed by atoms with van der Waals surface area (Å²) in [7, 11) is 1.70. The van der Waals surface area contributed by atoms with Crippen molar-refractivity contribution >= 4 is 41.6 Å². The SMILES string of the molecule is CC(/C=N/SNC(=O)Nc1ccccc1C(C)C)Oc1ccc(N(C)c2ccc(OC(F)(F)F)cc2)nn1. The van der Waals surface area contributed by atoms with Gasteiger partial charge in [-0.25, -0.2) is 9.19 Å². The molecule has 3 aromatic rings. The minimum absolute atomic E-state index is 0.246. The maximum absolute atomic E-state index is 12.3. The number of ether oxygens (including phenoxy) is 2. The molecule has 2 N–H and O–H groups in total. The monoisotopic (exact) mass is 548 g/mol. The Hall–Kier alpha value is -4.00. The summed E-state index contributed by atoms with van der Waals surface area (Å²) >= 11 is 0.855. The predicted molar refractivity (Wildman–Crippen MR) is 142 cm³/mol. The molecule has 1 heterocycles. The molecular formula is C25H27F3N6O3S. The number of anilines is 3. The lowest BCUT2D eigenvalue weighted by molar-refractivity contribution is -0.274. The summed E-state index contributed by atoms with van der Waals surface area (Å²) in [6.07, 6.45) is -3.71. The Labute approximate surface area is 222 Å². The van der Waals surface area contributed by atoms with Crippen molar-refractivity contribution in [1.29, 1.82) is 0 Å². The molecule has 3 rings (SSSR count). The van der Waals surface area contributed by atoms with Gasteiger partial charge in [-0.1, -0.05) is 32.0 Å². The molecular weight excluding hydrogens is 521 g/mol. The van der Waals surface area contributed by atoms with E-state index in [0.717, 1.165) is 23.4 Å². The van der Waals surface area contributed by atoms with Crippen molar-refractivity contribution in [2.75, 3.05) is 17.3 Å². The number of amides is 2. The summed E-state index contributed by atoms with van der Waals surface area (Å²) in [6.45, 7) is 5.84. The van der Waals surface area contributed by atoms with Crippen LogP contribution in [0.2, 0.25) is 0 Å². The molecule has 0 aliphatic carbocycles. The van der Waals surface area contributed by atoms with Gasteiger partial charge < -0.3 is 19.7 Å². The molecule has 0 saturated carbocycles. The van der Waals surface area contributed by atoms with Gasteiger partial charge in [0, 0.05) is 24.5 Å². The highest BCUT2D eigenvalue weighted by atomic mass is 32.2. The zero-order chi connectivity index (χ0) is 27.7. The van der Waals surface area contributed by atoms with Crippen LogP contribution in [-0.4, -0.2) is 42.0 Å². The number of hydrogen-bond acceptors (Lipinski definition) is 8. The van der Waals surface area contributed by atoms with Crippen LogP contribution in [0.15, 0.2) is 65.1 Å². The highest BCUT2D eigenvalue weighted by Crippen LogP contribution is 2.28. The summed E-state index contributed by atoms with van der Waals surface area (Å²) in [5.74, 6) is 0.649. The first-order valence-electron chi connectivity index (χ1n) is 11.5. The Morgan fingerprint density at radius 3 is 2.39 bits per heavy atom. The number of para-hydroxylation sites is 1. The van der Waals surface area contributed by atoms with Crippen LogP contribution in [0.3, 0.4) is 0 Å². The van der Waals surface area contributed by atoms with E-state index in [1.807, 2.05) is 38.1 Å². The molecule has 0 aliphatic heterocycles. The van der Waals surface area contributed by atoms with E-state index in [-0.39, 0.29) is 17.5 Å². The number of carbonyl (C=O) groups is 1. The van der Waals surface area contributed by atoms with Gasteiger partial charge >= 0.3 is 12.4 Å². The van der Waals surface area contributed by atoms with Crippen molar-refractivity contribution < 1.29 is 27.4 Å². The zero-order valence-electron chi connectivity index (χ0n) is 21.1. The molecule has 13 heteroatoms. The second-order valence-corrected chi connectivity index (χ2v) is 8.89. The van der Waals surface area contributed by atoms with Crippen molar-refractivity contribution in [2.24, 2.45) is 4.40 Å². The Morgan fingerprint density at radius 1 is 1.05 bits per heavy atom. The number of nitrogens with one attached hydrogen (secondary N) is 2. The molecule has 1 atom stereocenters. The number of nitrogens with zero attached hydrogens (tertiary/aromatic N) is 4. The molecule has 0 saturated heterocycles. The van der Waals surface area contributed by atoms with Gasteiger partial charge in [-0.2, -0.15) is 0 Å². The third-order valence-corrected chi connectivity index (χ3v) is 5.53. The zero-order valence-corrected chi connectivity index (χ0v) is 21.9. The van der Waals surface area contributed by atoms with E-state index in [1.54, 1.807) is 31.0 Å². The van der Waals surface area contributed by atoms with Crippen LogP contribution < -0.4 is 24.4 Å². The quantitative estimate of drug-likeness (QED) is 0.221. The van der Waals surface area contributed by atoms with Crippen LogP contribution in [0.4, 0.5) is 35.2 Å². The van der Waals surface area contributed by atoms with Gasteiger partial charge in [0.05, 0.1) is 18.3 Å². The summed E-state index contributed by atoms with van der Waals surface area (Å²) in [6, 6.07) is 15.8. The van der Waals surface area contributed by atoms with E-state index >= 15 is 0 Å². The van der Waals surface area contributed by atoms with Gasteiger partial charge in [0.15, 0.2) is 5.82 Å². The summed E-state index contributed by atoms with van der Waals surface area (Å²) in [5.41, 5.74) is 2.36. The van der Waals surface area contributed by atoms with Gasteiger partial charge in [-0.15, -0.1) is 23.4 Å². The molecule has 1 unspecified atom stereocenters. The van der Waals surface area contributed by atoms with Crippen molar-refractivity contribution in [2.45, 2.75) is 39.2 Å². The number of hydrogen-bond donors (Lipinski definition) is 2. The number of halogens is 3. The fourth-order valence-corrected chi connectivity index (χ4v) is 3.64. The fraction of sp³-hybridized carbons (Fsp3) is 0.280. The molecule has 9 nitrogen and oxygen atoms in total. The average molecular weight is 549 g/mol. The lowest BCUT2D eigenvalue weighted by atomic mass is 10.0. The van der Waals surface area contributed by atoms with Gasteiger partial charge in [0.2, 0.25) is 5.88 Å². The lowest BCUT2D eigenvalue weighted by Gasteiger charge is -2.18. The van der Waals surface area contributed by atoms with E-state index in [0.29, 0.717) is 11.5 Å². The average Bonchev–Trinajstić information content (AvgIpc) is 2.86. The van der Waals surface area contributed by atoms with Crippen molar-refractivity contribution in [1.82, 2.24) is 14.9 Å². The molecule has 1 aromatic heterocycles. The first-order chi connectivity index (χ1) is 18.0. The van der Waals surface area contributed by atoms with E-state index in [2.05, 4.69) is 29.4 Å². The van der Waals surface area contributed by atoms with Crippen molar-refractivity contribution in [3.05, 3.63) is 66.2 Å². The normalized spacial score (nSPS) is 12.3. The number of alkyl halides is 3. The Bertz CT molecular complexity index is 1220. The van der Waals surface area contributed by atoms with Crippen LogP contribution in [0.25, 0.3) is 0 Å². The molecule has 38 heavy (non-hydrogen) atoms. The Morgan fingerprint density at radius 2 is 1.76 bits per heavy atom. The maximum atomic E-state index is 12.3.